The van der Waals surface area contributed by atoms with Crippen molar-refractivity contribution in [2.24, 2.45) is 16.7 Å². The fourth-order valence-corrected chi connectivity index (χ4v) is 6.36. The van der Waals surface area contributed by atoms with E-state index in [2.05, 4.69) is 20.8 Å². The van der Waals surface area contributed by atoms with Crippen LogP contribution in [0.25, 0.3) is 0 Å². The van der Waals surface area contributed by atoms with E-state index in [0.717, 1.165) is 17.6 Å². The number of hydrogen-bond acceptors (Lipinski definition) is 1. The van der Waals surface area contributed by atoms with E-state index in [-0.39, 0.29) is 0 Å². The molecule has 0 aromatic heterocycles. The van der Waals surface area contributed by atoms with Crippen LogP contribution >= 0.6 is 0 Å². The number of rotatable bonds is 2. The lowest BCUT2D eigenvalue weighted by Crippen LogP contribution is -2.45. The molecule has 2 heteroatoms. The maximum Gasteiger partial charge on any atom is 0.299 e. The van der Waals surface area contributed by atoms with Crippen LogP contribution < -0.4 is 0 Å². The van der Waals surface area contributed by atoms with E-state index < -0.39 is 0 Å². The first kappa shape index (κ1) is 13.7. The van der Waals surface area contributed by atoms with Crippen molar-refractivity contribution in [2.45, 2.75) is 96.3 Å². The summed E-state index contributed by atoms with van der Waals surface area (Å²) in [6.45, 7) is 8.17. The van der Waals surface area contributed by atoms with Gasteiger partial charge >= 0.3 is 0 Å². The monoisotopic (exact) mass is 274 g/mol. The van der Waals surface area contributed by atoms with Crippen LogP contribution in [0.3, 0.4) is 0 Å². The summed E-state index contributed by atoms with van der Waals surface area (Å²) >= 11 is 0. The molecule has 0 aromatic carbocycles. The summed E-state index contributed by atoms with van der Waals surface area (Å²) in [7, 11) is 0. The van der Waals surface area contributed by atoms with Crippen molar-refractivity contribution in [1.82, 2.24) is 0 Å². The smallest absolute Gasteiger partial charge is 0.299 e. The molecular weight excluding hydrogens is 243 g/mol. The summed E-state index contributed by atoms with van der Waals surface area (Å²) in [5.74, 6) is 2.71. The first-order valence-electron chi connectivity index (χ1n) is 9.18. The van der Waals surface area contributed by atoms with Gasteiger partial charge in [-0.15, -0.1) is 0 Å². The van der Waals surface area contributed by atoms with Crippen molar-refractivity contribution in [3.05, 3.63) is 0 Å². The van der Waals surface area contributed by atoms with Crippen LogP contribution in [0.5, 0.6) is 0 Å². The van der Waals surface area contributed by atoms with Crippen molar-refractivity contribution in [3.63, 3.8) is 0 Å². The predicted molar refractivity (Wildman–Crippen MR) is 85.1 cm³/mol. The van der Waals surface area contributed by atoms with Crippen LogP contribution in [0.4, 0.5) is 0 Å². The number of hydrogen-bond donors (Lipinski definition) is 0. The topological polar surface area (TPSA) is 9.23 Å². The lowest BCUT2D eigenvalue weighted by molar-refractivity contribution is 0.0221. The number of fused-ring (bicyclic) bond motifs is 4. The largest absolute Gasteiger partial charge is 0.432 e. The van der Waals surface area contributed by atoms with Crippen LogP contribution in [0.15, 0.2) is 0 Å². The Morgan fingerprint density at radius 3 is 1.95 bits per heavy atom. The van der Waals surface area contributed by atoms with Gasteiger partial charge in [0.25, 0.3) is 6.92 Å². The fourth-order valence-electron chi connectivity index (χ4n) is 6.36. The summed E-state index contributed by atoms with van der Waals surface area (Å²) in [4.78, 5) is 0. The highest BCUT2D eigenvalue weighted by Crippen LogP contribution is 2.66. The molecule has 2 saturated carbocycles. The lowest BCUT2D eigenvalue weighted by Gasteiger charge is -2.45. The zero-order valence-electron chi connectivity index (χ0n) is 13.7. The molecule has 4 bridgehead atoms. The minimum atomic E-state index is 0.448. The third-order valence-electron chi connectivity index (χ3n) is 8.26. The van der Waals surface area contributed by atoms with E-state index in [9.17, 15) is 0 Å². The lowest BCUT2D eigenvalue weighted by atomic mass is 9.37. The first-order chi connectivity index (χ1) is 9.52. The van der Waals surface area contributed by atoms with Gasteiger partial charge in [0, 0.05) is 6.10 Å². The van der Waals surface area contributed by atoms with Crippen LogP contribution in [0.2, 0.25) is 11.6 Å². The molecule has 0 N–H and O–H groups in total. The minimum Gasteiger partial charge on any atom is -0.432 e. The highest BCUT2D eigenvalue weighted by Gasteiger charge is 2.62. The second-order valence-electron chi connectivity index (χ2n) is 9.08. The second-order valence-corrected chi connectivity index (χ2v) is 9.08. The van der Waals surface area contributed by atoms with Crippen molar-refractivity contribution in [1.29, 1.82) is 0 Å². The average molecular weight is 274 g/mol. The van der Waals surface area contributed by atoms with Gasteiger partial charge in [0.1, 0.15) is 0 Å². The average Bonchev–Trinajstić information content (AvgIpc) is 2.71. The molecule has 2 saturated heterocycles. The van der Waals surface area contributed by atoms with E-state index >= 15 is 0 Å². The second kappa shape index (κ2) is 4.51. The van der Waals surface area contributed by atoms with Crippen LogP contribution in [0, 0.1) is 16.7 Å². The van der Waals surface area contributed by atoms with Gasteiger partial charge in [-0.05, 0) is 47.6 Å². The Labute approximate surface area is 125 Å². The molecule has 2 aliphatic heterocycles. The van der Waals surface area contributed by atoms with E-state index in [1.807, 2.05) is 0 Å². The van der Waals surface area contributed by atoms with Crippen molar-refractivity contribution >= 4 is 6.92 Å². The minimum absolute atomic E-state index is 0.448. The first-order valence-corrected chi connectivity index (χ1v) is 9.18. The standard InChI is InChI=1S/C18H31BO/c1-17(2)13-10-11-18(17,3)16(12-13)20-19-14-6-4-7-15(19)9-5-8-14/h13-16H,4-12H2,1-3H3. The molecule has 2 heterocycles. The van der Waals surface area contributed by atoms with Gasteiger partial charge in [-0.1, -0.05) is 59.3 Å². The third kappa shape index (κ3) is 1.73. The zero-order valence-corrected chi connectivity index (χ0v) is 13.7. The van der Waals surface area contributed by atoms with Crippen molar-refractivity contribution in [2.75, 3.05) is 0 Å². The summed E-state index contributed by atoms with van der Waals surface area (Å²) in [6, 6.07) is 0. The molecule has 3 atom stereocenters. The highest BCUT2D eigenvalue weighted by atomic mass is 16.5. The van der Waals surface area contributed by atoms with E-state index in [4.69, 9.17) is 4.65 Å². The Hall–Kier alpha value is 0.0249. The van der Waals surface area contributed by atoms with E-state index in [1.54, 1.807) is 0 Å². The molecule has 2 aliphatic carbocycles. The van der Waals surface area contributed by atoms with Crippen LogP contribution in [-0.2, 0) is 4.65 Å². The molecule has 0 amide bonds. The summed E-state index contributed by atoms with van der Waals surface area (Å²) in [6.07, 6.45) is 13.4. The molecule has 20 heavy (non-hydrogen) atoms. The summed E-state index contributed by atoms with van der Waals surface area (Å²) < 4.78 is 6.89. The van der Waals surface area contributed by atoms with Crippen molar-refractivity contribution < 1.29 is 4.65 Å². The molecular formula is C18H31BO. The SMILES string of the molecule is CC1(C)C2CCC1(C)C(OB1C3CCCC1CCC3)C2. The van der Waals surface area contributed by atoms with E-state index in [0.29, 0.717) is 23.8 Å². The Morgan fingerprint density at radius 1 is 0.900 bits per heavy atom. The van der Waals surface area contributed by atoms with Crippen LogP contribution in [-0.4, -0.2) is 13.0 Å². The predicted octanol–water partition coefficient (Wildman–Crippen LogP) is 5.32. The molecule has 1 nitrogen and oxygen atoms in total. The van der Waals surface area contributed by atoms with Gasteiger partial charge in [-0.3, -0.25) is 0 Å². The van der Waals surface area contributed by atoms with Gasteiger partial charge in [-0.25, -0.2) is 0 Å². The third-order valence-corrected chi connectivity index (χ3v) is 8.26. The molecule has 0 spiro atoms. The van der Waals surface area contributed by atoms with Gasteiger partial charge in [0.15, 0.2) is 0 Å². The molecule has 0 radical (unpaired) electrons. The molecule has 0 aromatic rings. The van der Waals surface area contributed by atoms with Gasteiger partial charge in [0.05, 0.1) is 0 Å². The van der Waals surface area contributed by atoms with Crippen molar-refractivity contribution in [3.8, 4) is 0 Å². The maximum atomic E-state index is 6.89. The van der Waals surface area contributed by atoms with Crippen LogP contribution in [0.1, 0.15) is 78.6 Å². The molecule has 4 fully saturated rings. The Kier molecular flexibility index (Phi) is 3.08. The highest BCUT2D eigenvalue weighted by molar-refractivity contribution is 6.56. The van der Waals surface area contributed by atoms with E-state index in [1.165, 1.54) is 57.8 Å². The quantitative estimate of drug-likeness (QED) is 0.619. The Morgan fingerprint density at radius 2 is 1.50 bits per heavy atom. The zero-order chi connectivity index (χ0) is 14.0. The molecule has 112 valence electrons. The van der Waals surface area contributed by atoms with Gasteiger partial charge in [0.2, 0.25) is 0 Å². The summed E-state index contributed by atoms with van der Waals surface area (Å²) in [5.41, 5.74) is 0.949. The maximum absolute atomic E-state index is 6.89. The normalized spacial score (nSPS) is 49.6. The fraction of sp³-hybridized carbons (Fsp3) is 1.00. The molecule has 3 unspecified atom stereocenters. The van der Waals surface area contributed by atoms with Gasteiger partial charge in [-0.2, -0.15) is 0 Å². The Balaban J connectivity index is 1.53. The molecule has 4 aliphatic rings. The summed E-state index contributed by atoms with van der Waals surface area (Å²) in [5, 5.41) is 0. The molecule has 4 rings (SSSR count). The Bertz CT molecular complexity index is 371. The van der Waals surface area contributed by atoms with Gasteiger partial charge < -0.3 is 4.65 Å².